The Kier molecular flexibility index (Phi) is 6.11. The summed E-state index contributed by atoms with van der Waals surface area (Å²) in [6.07, 6.45) is 1.65. The van der Waals surface area contributed by atoms with E-state index in [1.165, 1.54) is 11.3 Å². The van der Waals surface area contributed by atoms with Gasteiger partial charge in [-0.15, -0.1) is 22.9 Å². The molecule has 0 saturated heterocycles. The van der Waals surface area contributed by atoms with E-state index in [0.29, 0.717) is 10.1 Å². The molecule has 1 N–H and O–H groups in total. The lowest BCUT2D eigenvalue weighted by Gasteiger charge is -2.12. The highest BCUT2D eigenvalue weighted by molar-refractivity contribution is 7.91. The minimum Gasteiger partial charge on any atom is -0.209 e. The molecule has 0 aromatic carbocycles. The fourth-order valence-electron chi connectivity index (χ4n) is 1.56. The highest BCUT2D eigenvalue weighted by atomic mass is 35.5. The third kappa shape index (κ3) is 4.88. The number of hydrogen-bond acceptors (Lipinski definition) is 3. The van der Waals surface area contributed by atoms with Crippen molar-refractivity contribution in [3.8, 4) is 0 Å². The van der Waals surface area contributed by atoms with Crippen molar-refractivity contribution in [2.75, 3.05) is 6.54 Å². The quantitative estimate of drug-likeness (QED) is 0.786. The molecule has 0 saturated carbocycles. The Morgan fingerprint density at radius 3 is 2.56 bits per heavy atom. The van der Waals surface area contributed by atoms with Crippen LogP contribution in [0.4, 0.5) is 0 Å². The smallest absolute Gasteiger partial charge is 0.209 e. The van der Waals surface area contributed by atoms with Crippen LogP contribution in [0.15, 0.2) is 16.3 Å². The second-order valence-electron chi connectivity index (χ2n) is 4.65. The second-order valence-corrected chi connectivity index (χ2v) is 8.43. The molecule has 0 aliphatic heterocycles. The summed E-state index contributed by atoms with van der Waals surface area (Å²) in [5.41, 5.74) is 0. The Bertz CT molecular complexity index is 468. The first kappa shape index (κ1) is 16.0. The normalized spacial score (nSPS) is 14.1. The SMILES string of the molecule is CCc1ccc(S(=O)(=O)NCC(Cl)CC(C)C)s1. The Labute approximate surface area is 119 Å². The number of nitrogens with one attached hydrogen (secondary N) is 1. The first-order valence-corrected chi connectivity index (χ1v) is 8.81. The molecular formula is C12H20ClNO2S2. The van der Waals surface area contributed by atoms with E-state index in [1.54, 1.807) is 6.07 Å². The highest BCUT2D eigenvalue weighted by Crippen LogP contribution is 2.22. The minimum absolute atomic E-state index is 0.162. The summed E-state index contributed by atoms with van der Waals surface area (Å²) in [5, 5.41) is -0.162. The molecule has 0 aliphatic rings. The molecule has 104 valence electrons. The third-order valence-electron chi connectivity index (χ3n) is 2.47. The molecule has 0 spiro atoms. The Morgan fingerprint density at radius 2 is 2.06 bits per heavy atom. The molecule has 1 rings (SSSR count). The van der Waals surface area contributed by atoms with Crippen LogP contribution in [0.1, 0.15) is 32.1 Å². The fourth-order valence-corrected chi connectivity index (χ4v) is 4.51. The number of halogens is 1. The van der Waals surface area contributed by atoms with Crippen LogP contribution in [0.25, 0.3) is 0 Å². The van der Waals surface area contributed by atoms with Gasteiger partial charge in [0.15, 0.2) is 0 Å². The summed E-state index contributed by atoms with van der Waals surface area (Å²) in [7, 11) is -3.40. The summed E-state index contributed by atoms with van der Waals surface area (Å²) in [5.74, 6) is 0.463. The summed E-state index contributed by atoms with van der Waals surface area (Å²) in [6, 6.07) is 3.50. The van der Waals surface area contributed by atoms with Crippen molar-refractivity contribution in [3.05, 3.63) is 17.0 Å². The van der Waals surface area contributed by atoms with Crippen LogP contribution < -0.4 is 4.72 Å². The van der Waals surface area contributed by atoms with Crippen LogP contribution in [0, 0.1) is 5.92 Å². The van der Waals surface area contributed by atoms with Gasteiger partial charge in [0.2, 0.25) is 10.0 Å². The van der Waals surface area contributed by atoms with Crippen LogP contribution in [-0.4, -0.2) is 20.3 Å². The largest absolute Gasteiger partial charge is 0.250 e. The summed E-state index contributed by atoms with van der Waals surface area (Å²) < 4.78 is 26.9. The molecule has 1 aromatic heterocycles. The van der Waals surface area contributed by atoms with Gasteiger partial charge in [0, 0.05) is 16.8 Å². The Balaban J connectivity index is 2.59. The predicted molar refractivity (Wildman–Crippen MR) is 78.0 cm³/mol. The van der Waals surface area contributed by atoms with E-state index < -0.39 is 10.0 Å². The van der Waals surface area contributed by atoms with Crippen LogP contribution in [0.3, 0.4) is 0 Å². The average molecular weight is 310 g/mol. The van der Waals surface area contributed by atoms with Crippen molar-refractivity contribution >= 4 is 33.0 Å². The van der Waals surface area contributed by atoms with Gasteiger partial charge in [0.1, 0.15) is 4.21 Å². The molecule has 1 unspecified atom stereocenters. The molecule has 1 atom stereocenters. The second kappa shape index (κ2) is 6.89. The molecule has 0 aliphatic carbocycles. The lowest BCUT2D eigenvalue weighted by atomic mass is 10.1. The van der Waals surface area contributed by atoms with Gasteiger partial charge in [-0.25, -0.2) is 13.1 Å². The van der Waals surface area contributed by atoms with E-state index in [9.17, 15) is 8.42 Å². The third-order valence-corrected chi connectivity index (χ3v) is 5.95. The minimum atomic E-state index is -3.40. The average Bonchev–Trinajstić information content (AvgIpc) is 2.75. The van der Waals surface area contributed by atoms with Crippen molar-refractivity contribution < 1.29 is 8.42 Å². The Morgan fingerprint density at radius 1 is 1.39 bits per heavy atom. The first-order chi connectivity index (χ1) is 8.35. The van der Waals surface area contributed by atoms with Crippen LogP contribution in [0.2, 0.25) is 0 Å². The number of rotatable bonds is 7. The standard InChI is InChI=1S/C12H20ClNO2S2/c1-4-11-5-6-12(17-11)18(15,16)14-8-10(13)7-9(2)3/h5-6,9-10,14H,4,7-8H2,1-3H3. The molecule has 0 radical (unpaired) electrons. The molecule has 6 heteroatoms. The van der Waals surface area contributed by atoms with E-state index in [-0.39, 0.29) is 11.9 Å². The van der Waals surface area contributed by atoms with Gasteiger partial charge in [-0.05, 0) is 30.9 Å². The van der Waals surface area contributed by atoms with Gasteiger partial charge in [0.25, 0.3) is 0 Å². The predicted octanol–water partition coefficient (Wildman–Crippen LogP) is 3.24. The molecule has 1 aromatic rings. The lowest BCUT2D eigenvalue weighted by molar-refractivity contribution is 0.545. The molecule has 3 nitrogen and oxygen atoms in total. The maximum absolute atomic E-state index is 12.0. The summed E-state index contributed by atoms with van der Waals surface area (Å²) >= 11 is 7.39. The number of alkyl halides is 1. The van der Waals surface area contributed by atoms with E-state index in [1.807, 2.05) is 13.0 Å². The van der Waals surface area contributed by atoms with Gasteiger partial charge in [-0.2, -0.15) is 0 Å². The van der Waals surface area contributed by atoms with E-state index in [2.05, 4.69) is 18.6 Å². The van der Waals surface area contributed by atoms with Gasteiger partial charge >= 0.3 is 0 Å². The Hall–Kier alpha value is -0.100. The molecular weight excluding hydrogens is 290 g/mol. The van der Waals surface area contributed by atoms with E-state index in [0.717, 1.165) is 17.7 Å². The maximum Gasteiger partial charge on any atom is 0.250 e. The van der Waals surface area contributed by atoms with Crippen LogP contribution in [-0.2, 0) is 16.4 Å². The van der Waals surface area contributed by atoms with Crippen LogP contribution in [0.5, 0.6) is 0 Å². The fraction of sp³-hybridized carbons (Fsp3) is 0.667. The molecule has 0 amide bonds. The van der Waals surface area contributed by atoms with Crippen molar-refractivity contribution in [1.82, 2.24) is 4.72 Å². The van der Waals surface area contributed by atoms with Gasteiger partial charge in [-0.1, -0.05) is 20.8 Å². The zero-order valence-electron chi connectivity index (χ0n) is 10.9. The van der Waals surface area contributed by atoms with Crippen molar-refractivity contribution in [1.29, 1.82) is 0 Å². The zero-order valence-corrected chi connectivity index (χ0v) is 13.3. The zero-order chi connectivity index (χ0) is 13.8. The number of thiophene rings is 1. The van der Waals surface area contributed by atoms with Crippen molar-refractivity contribution in [3.63, 3.8) is 0 Å². The number of sulfonamides is 1. The van der Waals surface area contributed by atoms with Gasteiger partial charge < -0.3 is 0 Å². The topological polar surface area (TPSA) is 46.2 Å². The summed E-state index contributed by atoms with van der Waals surface area (Å²) in [4.78, 5) is 1.07. The number of hydrogen-bond donors (Lipinski definition) is 1. The molecule has 18 heavy (non-hydrogen) atoms. The maximum atomic E-state index is 12.0. The molecule has 0 bridgehead atoms. The number of aryl methyl sites for hydroxylation is 1. The van der Waals surface area contributed by atoms with Gasteiger partial charge in [0.05, 0.1) is 0 Å². The van der Waals surface area contributed by atoms with E-state index in [4.69, 9.17) is 11.6 Å². The highest BCUT2D eigenvalue weighted by Gasteiger charge is 2.18. The first-order valence-electron chi connectivity index (χ1n) is 6.07. The molecule has 1 heterocycles. The van der Waals surface area contributed by atoms with Crippen molar-refractivity contribution in [2.24, 2.45) is 5.92 Å². The lowest BCUT2D eigenvalue weighted by Crippen LogP contribution is -2.30. The molecule has 0 fully saturated rings. The van der Waals surface area contributed by atoms with E-state index >= 15 is 0 Å². The van der Waals surface area contributed by atoms with Crippen molar-refractivity contribution in [2.45, 2.75) is 43.2 Å². The monoisotopic (exact) mass is 309 g/mol. The summed E-state index contributed by atoms with van der Waals surface area (Å²) in [6.45, 7) is 6.42. The van der Waals surface area contributed by atoms with Gasteiger partial charge in [-0.3, -0.25) is 0 Å². The van der Waals surface area contributed by atoms with Crippen LogP contribution >= 0.6 is 22.9 Å².